The van der Waals surface area contributed by atoms with Crippen molar-refractivity contribution < 1.29 is 9.59 Å². The molecule has 2 aromatic rings. The molecule has 7 nitrogen and oxygen atoms in total. The Bertz CT molecular complexity index is 793. The van der Waals surface area contributed by atoms with Crippen LogP contribution in [0.15, 0.2) is 36.5 Å². The number of aromatic nitrogens is 2. The maximum Gasteiger partial charge on any atom is 0.254 e. The largest absolute Gasteiger partial charge is 0.368 e. The zero-order valence-corrected chi connectivity index (χ0v) is 14.1. The highest BCUT2D eigenvalue weighted by atomic mass is 16.2. The van der Waals surface area contributed by atoms with Gasteiger partial charge in [-0.25, -0.2) is 9.97 Å². The van der Waals surface area contributed by atoms with Crippen molar-refractivity contribution in [2.45, 2.75) is 32.4 Å². The molecule has 3 rings (SSSR count). The predicted octanol–water partition coefficient (Wildman–Crippen LogP) is 1.49. The number of anilines is 1. The fourth-order valence-corrected chi connectivity index (χ4v) is 3.00. The van der Waals surface area contributed by atoms with Gasteiger partial charge in [0.2, 0.25) is 11.9 Å². The van der Waals surface area contributed by atoms with Gasteiger partial charge in [0.15, 0.2) is 0 Å². The van der Waals surface area contributed by atoms with Crippen LogP contribution in [-0.4, -0.2) is 39.3 Å². The highest BCUT2D eigenvalue weighted by molar-refractivity contribution is 5.97. The lowest BCUT2D eigenvalue weighted by molar-refractivity contribution is -0.121. The SMILES string of the molecule is Cc1ccnc(NCc2cccc(C(=O)N3CCC[C@H]3C(N)=O)c2)n1. The number of amides is 2. The zero-order chi connectivity index (χ0) is 17.8. The number of rotatable bonds is 5. The van der Waals surface area contributed by atoms with E-state index in [0.717, 1.165) is 17.7 Å². The van der Waals surface area contributed by atoms with E-state index in [1.54, 1.807) is 17.2 Å². The maximum atomic E-state index is 12.7. The third kappa shape index (κ3) is 3.93. The van der Waals surface area contributed by atoms with Gasteiger partial charge in [0, 0.05) is 30.5 Å². The Morgan fingerprint density at radius 3 is 2.96 bits per heavy atom. The van der Waals surface area contributed by atoms with E-state index in [2.05, 4.69) is 15.3 Å². The maximum absolute atomic E-state index is 12.7. The number of likely N-dealkylation sites (tertiary alicyclic amines) is 1. The molecular weight excluding hydrogens is 318 g/mol. The van der Waals surface area contributed by atoms with Crippen LogP contribution in [0.4, 0.5) is 5.95 Å². The van der Waals surface area contributed by atoms with E-state index in [-0.39, 0.29) is 5.91 Å². The molecule has 0 spiro atoms. The van der Waals surface area contributed by atoms with Gasteiger partial charge in [0.25, 0.3) is 5.91 Å². The highest BCUT2D eigenvalue weighted by Crippen LogP contribution is 2.20. The molecule has 1 aromatic heterocycles. The number of primary amides is 1. The summed E-state index contributed by atoms with van der Waals surface area (Å²) in [5.74, 6) is -0.0553. The molecule has 130 valence electrons. The number of carbonyl (C=O) groups excluding carboxylic acids is 2. The van der Waals surface area contributed by atoms with E-state index >= 15 is 0 Å². The molecule has 1 fully saturated rings. The highest BCUT2D eigenvalue weighted by Gasteiger charge is 2.33. The zero-order valence-electron chi connectivity index (χ0n) is 14.1. The van der Waals surface area contributed by atoms with E-state index in [1.165, 1.54) is 0 Å². The van der Waals surface area contributed by atoms with Gasteiger partial charge >= 0.3 is 0 Å². The van der Waals surface area contributed by atoms with Gasteiger partial charge in [-0.15, -0.1) is 0 Å². The summed E-state index contributed by atoms with van der Waals surface area (Å²) in [6, 6.07) is 8.66. The number of nitrogens with one attached hydrogen (secondary N) is 1. The number of hydrogen-bond acceptors (Lipinski definition) is 5. The number of hydrogen-bond donors (Lipinski definition) is 2. The van der Waals surface area contributed by atoms with Gasteiger partial charge in [-0.1, -0.05) is 12.1 Å². The molecule has 3 N–H and O–H groups in total. The summed E-state index contributed by atoms with van der Waals surface area (Å²) >= 11 is 0. The lowest BCUT2D eigenvalue weighted by atomic mass is 10.1. The van der Waals surface area contributed by atoms with Crippen molar-refractivity contribution in [1.29, 1.82) is 0 Å². The summed E-state index contributed by atoms with van der Waals surface area (Å²) in [6.07, 6.45) is 3.13. The van der Waals surface area contributed by atoms with Crippen LogP contribution in [0.25, 0.3) is 0 Å². The molecule has 25 heavy (non-hydrogen) atoms. The molecule has 0 radical (unpaired) electrons. The van der Waals surface area contributed by atoms with Crippen LogP contribution < -0.4 is 11.1 Å². The number of aryl methyl sites for hydroxylation is 1. The Hall–Kier alpha value is -2.96. The summed E-state index contributed by atoms with van der Waals surface area (Å²) in [5, 5.41) is 3.14. The second-order valence-electron chi connectivity index (χ2n) is 6.13. The van der Waals surface area contributed by atoms with Gasteiger partial charge in [-0.2, -0.15) is 0 Å². The second kappa shape index (κ2) is 7.29. The van der Waals surface area contributed by atoms with E-state index in [9.17, 15) is 9.59 Å². The average Bonchev–Trinajstić information content (AvgIpc) is 3.10. The first-order valence-corrected chi connectivity index (χ1v) is 8.27. The van der Waals surface area contributed by atoms with Crippen molar-refractivity contribution in [3.63, 3.8) is 0 Å². The van der Waals surface area contributed by atoms with Crippen LogP contribution in [0.2, 0.25) is 0 Å². The van der Waals surface area contributed by atoms with E-state index in [4.69, 9.17) is 5.73 Å². The number of carbonyl (C=O) groups is 2. The standard InChI is InChI=1S/C18H21N5O2/c1-12-7-8-20-18(22-12)21-11-13-4-2-5-14(10-13)17(25)23-9-3-6-15(23)16(19)24/h2,4-5,7-8,10,15H,3,6,9,11H2,1H3,(H2,19,24)(H,20,21,22)/t15-/m0/s1. The molecule has 2 heterocycles. The molecule has 0 unspecified atom stereocenters. The molecule has 0 bridgehead atoms. The molecule has 1 aromatic carbocycles. The van der Waals surface area contributed by atoms with Gasteiger partial charge in [-0.3, -0.25) is 9.59 Å². The fraction of sp³-hybridized carbons (Fsp3) is 0.333. The molecule has 7 heteroatoms. The van der Waals surface area contributed by atoms with Crippen molar-refractivity contribution in [2.75, 3.05) is 11.9 Å². The van der Waals surface area contributed by atoms with Crippen LogP contribution in [0, 0.1) is 6.92 Å². The quantitative estimate of drug-likeness (QED) is 0.859. The second-order valence-corrected chi connectivity index (χ2v) is 6.13. The summed E-state index contributed by atoms with van der Waals surface area (Å²) in [7, 11) is 0. The Kier molecular flexibility index (Phi) is 4.92. The fourth-order valence-electron chi connectivity index (χ4n) is 3.00. The van der Waals surface area contributed by atoms with Crippen LogP contribution in [-0.2, 0) is 11.3 Å². The normalized spacial score (nSPS) is 16.7. The Balaban J connectivity index is 1.70. The molecule has 0 aliphatic carbocycles. The minimum Gasteiger partial charge on any atom is -0.368 e. The number of nitrogens with zero attached hydrogens (tertiary/aromatic N) is 3. The van der Waals surface area contributed by atoms with Crippen molar-refractivity contribution in [3.05, 3.63) is 53.3 Å². The monoisotopic (exact) mass is 339 g/mol. The van der Waals surface area contributed by atoms with Gasteiger partial charge in [0.05, 0.1) is 0 Å². The van der Waals surface area contributed by atoms with Gasteiger partial charge < -0.3 is 16.0 Å². The number of benzene rings is 1. The molecule has 2 amide bonds. The van der Waals surface area contributed by atoms with Gasteiger partial charge in [-0.05, 0) is 43.5 Å². The van der Waals surface area contributed by atoms with Crippen LogP contribution >= 0.6 is 0 Å². The predicted molar refractivity (Wildman–Crippen MR) is 93.8 cm³/mol. The minimum atomic E-state index is -0.505. The van der Waals surface area contributed by atoms with Crippen molar-refractivity contribution in [1.82, 2.24) is 14.9 Å². The first kappa shape index (κ1) is 16.9. The van der Waals surface area contributed by atoms with Crippen molar-refractivity contribution in [3.8, 4) is 0 Å². The number of nitrogens with two attached hydrogens (primary N) is 1. The van der Waals surface area contributed by atoms with E-state index in [0.29, 0.717) is 31.0 Å². The molecule has 1 atom stereocenters. The first-order valence-electron chi connectivity index (χ1n) is 8.27. The lowest BCUT2D eigenvalue weighted by Crippen LogP contribution is -2.43. The average molecular weight is 339 g/mol. The summed E-state index contributed by atoms with van der Waals surface area (Å²) in [6.45, 7) is 2.97. The van der Waals surface area contributed by atoms with Crippen molar-refractivity contribution in [2.24, 2.45) is 5.73 Å². The van der Waals surface area contributed by atoms with Crippen LogP contribution in [0.3, 0.4) is 0 Å². The minimum absolute atomic E-state index is 0.157. The summed E-state index contributed by atoms with van der Waals surface area (Å²) < 4.78 is 0. The Morgan fingerprint density at radius 2 is 2.20 bits per heavy atom. The third-order valence-electron chi connectivity index (χ3n) is 4.26. The molecule has 1 saturated heterocycles. The first-order chi connectivity index (χ1) is 12.0. The molecule has 1 aliphatic heterocycles. The topological polar surface area (TPSA) is 101 Å². The smallest absolute Gasteiger partial charge is 0.254 e. The lowest BCUT2D eigenvalue weighted by Gasteiger charge is -2.22. The molecular formula is C18H21N5O2. The summed E-state index contributed by atoms with van der Waals surface area (Å²) in [4.78, 5) is 34.2. The van der Waals surface area contributed by atoms with Gasteiger partial charge in [0.1, 0.15) is 6.04 Å². The summed E-state index contributed by atoms with van der Waals surface area (Å²) in [5.41, 5.74) is 7.77. The Labute approximate surface area is 146 Å². The molecule has 0 saturated carbocycles. The van der Waals surface area contributed by atoms with E-state index in [1.807, 2.05) is 31.2 Å². The molecule has 1 aliphatic rings. The van der Waals surface area contributed by atoms with Crippen molar-refractivity contribution >= 4 is 17.8 Å². The van der Waals surface area contributed by atoms with E-state index < -0.39 is 11.9 Å². The van der Waals surface area contributed by atoms with Crippen LogP contribution in [0.5, 0.6) is 0 Å². The Morgan fingerprint density at radius 1 is 1.36 bits per heavy atom. The van der Waals surface area contributed by atoms with Crippen LogP contribution in [0.1, 0.15) is 34.5 Å². The third-order valence-corrected chi connectivity index (χ3v) is 4.26.